The minimum absolute atomic E-state index is 0.127. The molecule has 1 unspecified atom stereocenters. The monoisotopic (exact) mass is 370 g/mol. The summed E-state index contributed by atoms with van der Waals surface area (Å²) in [5, 5.41) is 5.94. The summed E-state index contributed by atoms with van der Waals surface area (Å²) in [6.07, 6.45) is 1.56. The van der Waals surface area contributed by atoms with E-state index in [1.165, 1.54) is 18.5 Å². The first-order valence-electron chi connectivity index (χ1n) is 8.31. The first-order chi connectivity index (χ1) is 13.2. The summed E-state index contributed by atoms with van der Waals surface area (Å²) >= 11 is 0. The smallest absolute Gasteiger partial charge is 0.149 e. The highest BCUT2D eigenvalue weighted by molar-refractivity contribution is 5.63. The summed E-state index contributed by atoms with van der Waals surface area (Å²) in [5.41, 5.74) is 0.935. The van der Waals surface area contributed by atoms with Gasteiger partial charge in [-0.15, -0.1) is 0 Å². The zero-order chi connectivity index (χ0) is 18.6. The number of anilines is 4. The maximum absolute atomic E-state index is 13.8. The first-order valence-corrected chi connectivity index (χ1v) is 8.31. The molecule has 2 aromatic carbocycles. The van der Waals surface area contributed by atoms with Crippen molar-refractivity contribution in [2.24, 2.45) is 0 Å². The number of hydrogen-bond donors (Lipinski definition) is 2. The van der Waals surface area contributed by atoms with Crippen molar-refractivity contribution in [1.29, 1.82) is 0 Å². The number of epoxide rings is 1. The van der Waals surface area contributed by atoms with Crippen molar-refractivity contribution >= 4 is 23.0 Å². The molecule has 2 heterocycles. The lowest BCUT2D eigenvalue weighted by Crippen LogP contribution is -2.04. The maximum atomic E-state index is 13.8. The highest BCUT2D eigenvalue weighted by Gasteiger charge is 2.22. The number of nitrogens with zero attached hydrogens (tertiary/aromatic N) is 2. The fraction of sp³-hybridized carbons (Fsp3) is 0.158. The summed E-state index contributed by atoms with van der Waals surface area (Å²) in [6, 6.07) is 12.3. The quantitative estimate of drug-likeness (QED) is 0.612. The SMILES string of the molecule is Fc1ccc(Nc2cc(Nc3ccc(OCC4CO4)cc3)ncn2)c(F)c1. The standard InChI is InChI=1S/C19H16F2N4O2/c20-12-1-6-17(16(21)7-12)25-19-8-18(22-11-23-19)24-13-2-4-14(5-3-13)26-9-15-10-27-15/h1-8,11,15H,9-10H2,(H2,22,23,24,25). The van der Waals surface area contributed by atoms with E-state index in [9.17, 15) is 8.78 Å². The predicted octanol–water partition coefficient (Wildman–Crippen LogP) is 4.02. The second-order valence-electron chi connectivity index (χ2n) is 5.95. The molecule has 1 aliphatic heterocycles. The third-order valence-electron chi connectivity index (χ3n) is 3.83. The molecule has 3 aromatic rings. The lowest BCUT2D eigenvalue weighted by molar-refractivity contribution is 0.263. The molecule has 4 rings (SSSR count). The Morgan fingerprint density at radius 2 is 1.74 bits per heavy atom. The lowest BCUT2D eigenvalue weighted by Gasteiger charge is -2.10. The van der Waals surface area contributed by atoms with Gasteiger partial charge < -0.3 is 20.1 Å². The maximum Gasteiger partial charge on any atom is 0.149 e. The fourth-order valence-electron chi connectivity index (χ4n) is 2.36. The van der Waals surface area contributed by atoms with Crippen molar-refractivity contribution in [1.82, 2.24) is 9.97 Å². The van der Waals surface area contributed by atoms with Crippen LogP contribution in [0, 0.1) is 11.6 Å². The number of rotatable bonds is 7. The highest BCUT2D eigenvalue weighted by atomic mass is 19.1. The Hall–Kier alpha value is -3.26. The van der Waals surface area contributed by atoms with Gasteiger partial charge in [-0.05, 0) is 36.4 Å². The van der Waals surface area contributed by atoms with Gasteiger partial charge in [-0.3, -0.25) is 0 Å². The van der Waals surface area contributed by atoms with E-state index in [4.69, 9.17) is 9.47 Å². The number of benzene rings is 2. The average molecular weight is 370 g/mol. The predicted molar refractivity (Wildman–Crippen MR) is 96.6 cm³/mol. The highest BCUT2D eigenvalue weighted by Crippen LogP contribution is 2.23. The molecule has 0 amide bonds. The summed E-state index contributed by atoms with van der Waals surface area (Å²) < 4.78 is 37.4. The van der Waals surface area contributed by atoms with Gasteiger partial charge in [-0.2, -0.15) is 0 Å². The van der Waals surface area contributed by atoms with Crippen molar-refractivity contribution in [2.75, 3.05) is 23.8 Å². The molecular weight excluding hydrogens is 354 g/mol. The molecule has 1 aliphatic rings. The summed E-state index contributed by atoms with van der Waals surface area (Å²) in [5.74, 6) is 0.320. The lowest BCUT2D eigenvalue weighted by atomic mass is 10.3. The van der Waals surface area contributed by atoms with Gasteiger partial charge in [0.1, 0.15) is 48.1 Å². The summed E-state index contributed by atoms with van der Waals surface area (Å²) in [4.78, 5) is 8.19. The molecule has 1 fully saturated rings. The molecule has 2 N–H and O–H groups in total. The van der Waals surface area contributed by atoms with Gasteiger partial charge in [0.15, 0.2) is 0 Å². The van der Waals surface area contributed by atoms with Crippen LogP contribution in [0.5, 0.6) is 5.75 Å². The molecule has 0 radical (unpaired) electrons. The van der Waals surface area contributed by atoms with E-state index in [1.807, 2.05) is 24.3 Å². The number of halogens is 2. The van der Waals surface area contributed by atoms with Crippen molar-refractivity contribution in [2.45, 2.75) is 6.10 Å². The molecule has 1 atom stereocenters. The molecule has 1 saturated heterocycles. The Kier molecular flexibility index (Phi) is 4.80. The van der Waals surface area contributed by atoms with Crippen molar-refractivity contribution in [3.8, 4) is 5.75 Å². The summed E-state index contributed by atoms with van der Waals surface area (Å²) in [6.45, 7) is 1.30. The van der Waals surface area contributed by atoms with E-state index in [2.05, 4.69) is 20.6 Å². The van der Waals surface area contributed by atoms with Crippen LogP contribution in [-0.2, 0) is 4.74 Å². The second-order valence-corrected chi connectivity index (χ2v) is 5.95. The van der Waals surface area contributed by atoms with Crippen molar-refractivity contribution in [3.05, 3.63) is 66.5 Å². The molecule has 0 bridgehead atoms. The van der Waals surface area contributed by atoms with Crippen LogP contribution in [-0.4, -0.2) is 29.3 Å². The van der Waals surface area contributed by atoms with Gasteiger partial charge >= 0.3 is 0 Å². The number of ether oxygens (including phenoxy) is 2. The van der Waals surface area contributed by atoms with Gasteiger partial charge in [-0.1, -0.05) is 0 Å². The van der Waals surface area contributed by atoms with E-state index < -0.39 is 11.6 Å². The van der Waals surface area contributed by atoms with Crippen molar-refractivity contribution < 1.29 is 18.3 Å². The van der Waals surface area contributed by atoms with Crippen LogP contribution in [0.1, 0.15) is 0 Å². The van der Waals surface area contributed by atoms with Crippen LogP contribution in [0.3, 0.4) is 0 Å². The molecule has 138 valence electrons. The molecule has 8 heteroatoms. The van der Waals surface area contributed by atoms with Gasteiger partial charge in [0.2, 0.25) is 0 Å². The van der Waals surface area contributed by atoms with Crippen molar-refractivity contribution in [3.63, 3.8) is 0 Å². The zero-order valence-electron chi connectivity index (χ0n) is 14.2. The minimum atomic E-state index is -0.699. The topological polar surface area (TPSA) is 71.6 Å². The van der Waals surface area contributed by atoms with Crippen LogP contribution in [0.25, 0.3) is 0 Å². The fourth-order valence-corrected chi connectivity index (χ4v) is 2.36. The molecule has 0 spiro atoms. The Morgan fingerprint density at radius 3 is 2.44 bits per heavy atom. The van der Waals surface area contributed by atoms with Crippen LogP contribution >= 0.6 is 0 Å². The molecular formula is C19H16F2N4O2. The number of hydrogen-bond acceptors (Lipinski definition) is 6. The molecule has 6 nitrogen and oxygen atoms in total. The van der Waals surface area contributed by atoms with Gasteiger partial charge in [0.05, 0.1) is 12.3 Å². The van der Waals surface area contributed by atoms with Crippen LogP contribution in [0.4, 0.5) is 31.8 Å². The zero-order valence-corrected chi connectivity index (χ0v) is 14.2. The summed E-state index contributed by atoms with van der Waals surface area (Å²) in [7, 11) is 0. The Morgan fingerprint density at radius 1 is 1.00 bits per heavy atom. The van der Waals surface area contributed by atoms with Gasteiger partial charge in [-0.25, -0.2) is 18.7 Å². The second kappa shape index (κ2) is 7.55. The third kappa shape index (κ3) is 4.68. The van der Waals surface area contributed by atoms with E-state index in [1.54, 1.807) is 6.07 Å². The number of aromatic nitrogens is 2. The van der Waals surface area contributed by atoms with E-state index >= 15 is 0 Å². The average Bonchev–Trinajstić information content (AvgIpc) is 3.48. The Balaban J connectivity index is 1.41. The van der Waals surface area contributed by atoms with E-state index in [0.29, 0.717) is 18.2 Å². The minimum Gasteiger partial charge on any atom is -0.491 e. The van der Waals surface area contributed by atoms with Crippen LogP contribution in [0.15, 0.2) is 54.9 Å². The van der Waals surface area contributed by atoms with Gasteiger partial charge in [0, 0.05) is 17.8 Å². The largest absolute Gasteiger partial charge is 0.491 e. The van der Waals surface area contributed by atoms with Crippen LogP contribution < -0.4 is 15.4 Å². The molecule has 0 aliphatic carbocycles. The van der Waals surface area contributed by atoms with E-state index in [-0.39, 0.29) is 11.8 Å². The van der Waals surface area contributed by atoms with Gasteiger partial charge in [0.25, 0.3) is 0 Å². The third-order valence-corrected chi connectivity index (χ3v) is 3.83. The Bertz CT molecular complexity index is 933. The molecule has 0 saturated carbocycles. The number of nitrogens with one attached hydrogen (secondary N) is 2. The van der Waals surface area contributed by atoms with Crippen LogP contribution in [0.2, 0.25) is 0 Å². The molecule has 27 heavy (non-hydrogen) atoms. The Labute approximate surface area is 154 Å². The molecule has 1 aromatic heterocycles. The first kappa shape index (κ1) is 17.2. The van der Waals surface area contributed by atoms with E-state index in [0.717, 1.165) is 24.1 Å². The normalized spacial score (nSPS) is 15.3.